The molecule has 1 N–H and O–H groups in total. The Morgan fingerprint density at radius 2 is 2.12 bits per heavy atom. The molecule has 1 aromatic heterocycles. The van der Waals surface area contributed by atoms with Gasteiger partial charge in [0.2, 0.25) is 11.8 Å². The lowest BCUT2D eigenvalue weighted by molar-refractivity contribution is -0.131. The van der Waals surface area contributed by atoms with Crippen LogP contribution in [0.2, 0.25) is 0 Å². The van der Waals surface area contributed by atoms with Gasteiger partial charge in [-0.25, -0.2) is 4.98 Å². The highest BCUT2D eigenvalue weighted by Gasteiger charge is 2.26. The van der Waals surface area contributed by atoms with E-state index in [4.69, 9.17) is 0 Å². The number of carbonyl (C=O) groups excluding carboxylic acids is 2. The summed E-state index contributed by atoms with van der Waals surface area (Å²) in [6, 6.07) is 4.39. The summed E-state index contributed by atoms with van der Waals surface area (Å²) in [5.74, 6) is 1.24. The van der Waals surface area contributed by atoms with Gasteiger partial charge in [-0.2, -0.15) is 0 Å². The van der Waals surface area contributed by atoms with Crippen molar-refractivity contribution in [3.63, 3.8) is 0 Å². The number of pyridine rings is 1. The number of carbonyl (C=O) groups is 2. The number of anilines is 1. The van der Waals surface area contributed by atoms with E-state index in [2.05, 4.69) is 29.0 Å². The molecule has 0 aliphatic carbocycles. The molecule has 26 heavy (non-hydrogen) atoms. The molecule has 2 unspecified atom stereocenters. The van der Waals surface area contributed by atoms with Crippen molar-refractivity contribution in [3.8, 4) is 0 Å². The minimum absolute atomic E-state index is 0.100. The Balaban J connectivity index is 1.98. The van der Waals surface area contributed by atoms with Gasteiger partial charge < -0.3 is 10.2 Å². The first kappa shape index (κ1) is 20.4. The second kappa shape index (κ2) is 9.67. The van der Waals surface area contributed by atoms with Gasteiger partial charge in [-0.3, -0.25) is 14.5 Å². The van der Waals surface area contributed by atoms with Crippen LogP contribution in [0.1, 0.15) is 46.1 Å². The van der Waals surface area contributed by atoms with Gasteiger partial charge in [-0.1, -0.05) is 13.3 Å². The number of rotatable bonds is 7. The number of hydrogen-bond donors (Lipinski definition) is 1. The molecule has 0 aromatic carbocycles. The number of aromatic nitrogens is 1. The van der Waals surface area contributed by atoms with Crippen LogP contribution >= 0.6 is 0 Å². The van der Waals surface area contributed by atoms with Gasteiger partial charge >= 0.3 is 0 Å². The predicted molar refractivity (Wildman–Crippen MR) is 104 cm³/mol. The largest absolute Gasteiger partial charge is 0.340 e. The van der Waals surface area contributed by atoms with Crippen molar-refractivity contribution < 1.29 is 9.59 Å². The molecule has 6 nitrogen and oxygen atoms in total. The summed E-state index contributed by atoms with van der Waals surface area (Å²) >= 11 is 0. The smallest absolute Gasteiger partial charge is 0.222 e. The molecule has 0 radical (unpaired) electrons. The zero-order valence-electron chi connectivity index (χ0n) is 16.5. The predicted octanol–water partition coefficient (Wildman–Crippen LogP) is 2.55. The Kier molecular flexibility index (Phi) is 7.57. The summed E-state index contributed by atoms with van der Waals surface area (Å²) in [6.45, 7) is 11.2. The second-order valence-electron chi connectivity index (χ2n) is 7.40. The molecule has 6 heteroatoms. The van der Waals surface area contributed by atoms with E-state index >= 15 is 0 Å². The average Bonchev–Trinajstić information content (AvgIpc) is 2.56. The monoisotopic (exact) mass is 360 g/mol. The fourth-order valence-corrected chi connectivity index (χ4v) is 3.73. The molecule has 2 amide bonds. The van der Waals surface area contributed by atoms with Crippen LogP contribution in [-0.4, -0.2) is 58.8 Å². The molecular formula is C20H32N4O2. The lowest BCUT2D eigenvalue weighted by atomic mass is 9.94. The zero-order chi connectivity index (χ0) is 19.1. The van der Waals surface area contributed by atoms with E-state index in [0.717, 1.165) is 45.4 Å². The van der Waals surface area contributed by atoms with Crippen molar-refractivity contribution in [2.24, 2.45) is 5.92 Å². The van der Waals surface area contributed by atoms with Crippen molar-refractivity contribution in [3.05, 3.63) is 23.9 Å². The first-order valence-electron chi connectivity index (χ1n) is 9.61. The van der Waals surface area contributed by atoms with Crippen LogP contribution in [0.5, 0.6) is 0 Å². The summed E-state index contributed by atoms with van der Waals surface area (Å²) in [4.78, 5) is 31.5. The molecule has 0 saturated carbocycles. The molecule has 2 heterocycles. The maximum atomic E-state index is 11.6. The lowest BCUT2D eigenvalue weighted by Crippen LogP contribution is -2.54. The van der Waals surface area contributed by atoms with Crippen molar-refractivity contribution in [1.82, 2.24) is 14.8 Å². The Morgan fingerprint density at radius 1 is 1.35 bits per heavy atom. The fraction of sp³-hybridized carbons (Fsp3) is 0.650. The van der Waals surface area contributed by atoms with Gasteiger partial charge in [0, 0.05) is 52.3 Å². The Hall–Kier alpha value is -1.95. The van der Waals surface area contributed by atoms with Crippen molar-refractivity contribution in [2.75, 3.05) is 31.5 Å². The fourth-order valence-electron chi connectivity index (χ4n) is 3.73. The maximum Gasteiger partial charge on any atom is 0.222 e. The van der Waals surface area contributed by atoms with E-state index in [1.54, 1.807) is 13.1 Å². The number of nitrogens with one attached hydrogen (secondary N) is 1. The zero-order valence-corrected chi connectivity index (χ0v) is 16.5. The topological polar surface area (TPSA) is 65.5 Å². The minimum Gasteiger partial charge on any atom is -0.340 e. The van der Waals surface area contributed by atoms with E-state index in [-0.39, 0.29) is 11.8 Å². The van der Waals surface area contributed by atoms with E-state index in [1.807, 2.05) is 17.0 Å². The minimum atomic E-state index is -0.100. The third kappa shape index (κ3) is 6.09. The lowest BCUT2D eigenvalue weighted by Gasteiger charge is -2.41. The molecule has 1 saturated heterocycles. The van der Waals surface area contributed by atoms with Crippen LogP contribution in [0, 0.1) is 5.92 Å². The Morgan fingerprint density at radius 3 is 2.73 bits per heavy atom. The van der Waals surface area contributed by atoms with E-state index in [9.17, 15) is 9.59 Å². The molecule has 1 aliphatic heterocycles. The second-order valence-corrected chi connectivity index (χ2v) is 7.40. The van der Waals surface area contributed by atoms with Crippen LogP contribution in [0.15, 0.2) is 18.3 Å². The summed E-state index contributed by atoms with van der Waals surface area (Å²) in [5.41, 5.74) is 1.21. The Labute approximate surface area is 157 Å². The van der Waals surface area contributed by atoms with E-state index < -0.39 is 0 Å². The van der Waals surface area contributed by atoms with Crippen LogP contribution in [0.25, 0.3) is 0 Å². The van der Waals surface area contributed by atoms with Gasteiger partial charge in [0.05, 0.1) is 0 Å². The highest BCUT2D eigenvalue weighted by molar-refractivity contribution is 5.87. The summed E-state index contributed by atoms with van der Waals surface area (Å²) in [6.07, 6.45) is 5.05. The molecular weight excluding hydrogens is 328 g/mol. The third-order valence-corrected chi connectivity index (χ3v) is 5.05. The molecule has 2 rings (SSSR count). The van der Waals surface area contributed by atoms with Gasteiger partial charge in [0.15, 0.2) is 0 Å². The van der Waals surface area contributed by atoms with E-state index in [0.29, 0.717) is 17.8 Å². The van der Waals surface area contributed by atoms with Gasteiger partial charge in [-0.15, -0.1) is 0 Å². The quantitative estimate of drug-likeness (QED) is 0.811. The van der Waals surface area contributed by atoms with Crippen LogP contribution in [-0.2, 0) is 16.0 Å². The molecule has 1 fully saturated rings. The molecule has 0 spiro atoms. The summed E-state index contributed by atoms with van der Waals surface area (Å²) < 4.78 is 0. The molecule has 0 bridgehead atoms. The number of nitrogens with zero attached hydrogens (tertiary/aromatic N) is 3. The van der Waals surface area contributed by atoms with Crippen LogP contribution in [0.4, 0.5) is 5.82 Å². The number of hydrogen-bond acceptors (Lipinski definition) is 4. The first-order chi connectivity index (χ1) is 12.4. The molecule has 1 aromatic rings. The van der Waals surface area contributed by atoms with Crippen molar-refractivity contribution in [2.45, 2.75) is 53.0 Å². The standard InChI is InChI=1S/C20H32N4O2/c1-5-6-19(11-18-7-8-21-20(12-18)22-16(3)25)14-23-9-10-24(17(4)26)13-15(23)2/h7-8,12,15,19H,5-6,9-11,13-14H2,1-4H3,(H,21,22,25). The summed E-state index contributed by atoms with van der Waals surface area (Å²) in [7, 11) is 0. The number of piperazine rings is 1. The normalized spacial score (nSPS) is 19.2. The number of amides is 2. The highest BCUT2D eigenvalue weighted by Crippen LogP contribution is 2.20. The van der Waals surface area contributed by atoms with Gasteiger partial charge in [-0.05, 0) is 43.4 Å². The maximum absolute atomic E-state index is 11.6. The third-order valence-electron chi connectivity index (χ3n) is 5.05. The van der Waals surface area contributed by atoms with E-state index in [1.165, 1.54) is 12.5 Å². The van der Waals surface area contributed by atoms with Gasteiger partial charge in [0.25, 0.3) is 0 Å². The average molecular weight is 361 g/mol. The highest BCUT2D eigenvalue weighted by atomic mass is 16.2. The van der Waals surface area contributed by atoms with Gasteiger partial charge in [0.1, 0.15) is 5.82 Å². The Bertz CT molecular complexity index is 620. The van der Waals surface area contributed by atoms with Crippen LogP contribution in [0.3, 0.4) is 0 Å². The summed E-state index contributed by atoms with van der Waals surface area (Å²) in [5, 5.41) is 2.76. The first-order valence-corrected chi connectivity index (χ1v) is 9.61. The van der Waals surface area contributed by atoms with Crippen LogP contribution < -0.4 is 5.32 Å². The molecule has 1 aliphatic rings. The molecule has 2 atom stereocenters. The van der Waals surface area contributed by atoms with Crippen molar-refractivity contribution in [1.29, 1.82) is 0 Å². The van der Waals surface area contributed by atoms with Crippen molar-refractivity contribution >= 4 is 17.6 Å². The molecule has 144 valence electrons. The SMILES string of the molecule is CCCC(Cc1ccnc(NC(C)=O)c1)CN1CCN(C(C)=O)CC1C.